The normalized spacial score (nSPS) is 11.0. The van der Waals surface area contributed by atoms with Gasteiger partial charge < -0.3 is 4.98 Å². The Morgan fingerprint density at radius 2 is 1.91 bits per heavy atom. The second-order valence-corrected chi connectivity index (χ2v) is 5.92. The van der Waals surface area contributed by atoms with E-state index >= 15 is 0 Å². The van der Waals surface area contributed by atoms with Crippen LogP contribution in [0.5, 0.6) is 0 Å². The molecule has 0 saturated heterocycles. The van der Waals surface area contributed by atoms with Gasteiger partial charge in [0.1, 0.15) is 5.65 Å². The highest BCUT2D eigenvalue weighted by atomic mass is 32.2. The van der Waals surface area contributed by atoms with E-state index in [1.807, 2.05) is 54.8 Å². The van der Waals surface area contributed by atoms with Crippen LogP contribution in [0.3, 0.4) is 0 Å². The van der Waals surface area contributed by atoms with Crippen LogP contribution >= 0.6 is 11.8 Å². The molecule has 0 atom stereocenters. The van der Waals surface area contributed by atoms with E-state index < -0.39 is 0 Å². The van der Waals surface area contributed by atoms with E-state index in [1.165, 1.54) is 11.8 Å². The van der Waals surface area contributed by atoms with E-state index in [9.17, 15) is 5.26 Å². The molecular weight excluding hydrogens is 304 g/mol. The fourth-order valence-corrected chi connectivity index (χ4v) is 3.10. The van der Waals surface area contributed by atoms with Gasteiger partial charge in [0, 0.05) is 16.5 Å². The number of nitrogens with one attached hydrogen (secondary N) is 1. The lowest BCUT2D eigenvalue weighted by Crippen LogP contribution is -1.92. The Balaban J connectivity index is 2.16. The first-order valence-electron chi connectivity index (χ1n) is 7.13. The zero-order chi connectivity index (χ0) is 15.8. The molecule has 0 spiro atoms. The number of thioether (sulfide) groups is 1. The largest absolute Gasteiger partial charge is 0.339 e. The zero-order valence-corrected chi connectivity index (χ0v) is 13.2. The molecule has 5 heteroatoms. The summed E-state index contributed by atoms with van der Waals surface area (Å²) in [6, 6.07) is 17.9. The number of nitriles is 1. The minimum atomic E-state index is 0.631. The molecule has 4 nitrogen and oxygen atoms in total. The van der Waals surface area contributed by atoms with Crippen LogP contribution in [0.15, 0.2) is 53.7 Å². The van der Waals surface area contributed by atoms with Crippen LogP contribution in [0.25, 0.3) is 33.2 Å². The molecule has 2 aromatic heterocycles. The predicted molar refractivity (Wildman–Crippen MR) is 93.3 cm³/mol. The maximum atomic E-state index is 9.18. The molecule has 0 radical (unpaired) electrons. The van der Waals surface area contributed by atoms with Gasteiger partial charge in [-0.2, -0.15) is 5.26 Å². The zero-order valence-electron chi connectivity index (χ0n) is 12.4. The van der Waals surface area contributed by atoms with Crippen molar-refractivity contribution in [3.8, 4) is 17.3 Å². The predicted octanol–water partition coefficient (Wildman–Crippen LogP) is 4.37. The molecule has 2 heterocycles. The van der Waals surface area contributed by atoms with Crippen LogP contribution in [0.1, 0.15) is 5.56 Å². The number of H-pyrrole nitrogens is 1. The summed E-state index contributed by atoms with van der Waals surface area (Å²) in [5, 5.41) is 11.8. The number of fused-ring (bicyclic) bond motifs is 3. The van der Waals surface area contributed by atoms with E-state index in [2.05, 4.69) is 16.0 Å². The Kier molecular flexibility index (Phi) is 3.25. The van der Waals surface area contributed by atoms with Crippen LogP contribution in [-0.2, 0) is 0 Å². The topological polar surface area (TPSA) is 65.4 Å². The maximum absolute atomic E-state index is 9.18. The molecule has 0 aliphatic rings. The lowest BCUT2D eigenvalue weighted by atomic mass is 10.1. The monoisotopic (exact) mass is 316 g/mol. The molecular formula is C18H12N4S. The summed E-state index contributed by atoms with van der Waals surface area (Å²) in [6.07, 6.45) is 1.96. The molecule has 0 amide bonds. The minimum absolute atomic E-state index is 0.631. The number of nitrogens with zero attached hydrogens (tertiary/aromatic N) is 3. The van der Waals surface area contributed by atoms with Crippen molar-refractivity contribution in [1.82, 2.24) is 15.0 Å². The molecule has 2 aromatic carbocycles. The van der Waals surface area contributed by atoms with Crippen molar-refractivity contribution in [3.05, 3.63) is 54.1 Å². The number of aromatic amines is 1. The van der Waals surface area contributed by atoms with Crippen molar-refractivity contribution in [1.29, 1.82) is 5.26 Å². The highest BCUT2D eigenvalue weighted by Gasteiger charge is 2.15. The highest BCUT2D eigenvalue weighted by Crippen LogP contribution is 2.34. The van der Waals surface area contributed by atoms with E-state index in [-0.39, 0.29) is 0 Å². The molecule has 23 heavy (non-hydrogen) atoms. The summed E-state index contributed by atoms with van der Waals surface area (Å²) in [5.41, 5.74) is 4.32. The number of hydrogen-bond donors (Lipinski definition) is 1. The van der Waals surface area contributed by atoms with Gasteiger partial charge in [-0.3, -0.25) is 0 Å². The van der Waals surface area contributed by atoms with Crippen LogP contribution < -0.4 is 0 Å². The lowest BCUT2D eigenvalue weighted by Gasteiger charge is -2.05. The first kappa shape index (κ1) is 13.8. The van der Waals surface area contributed by atoms with Crippen molar-refractivity contribution in [2.45, 2.75) is 5.16 Å². The summed E-state index contributed by atoms with van der Waals surface area (Å²) in [4.78, 5) is 12.6. The molecule has 0 aliphatic carbocycles. The number of hydrogen-bond acceptors (Lipinski definition) is 4. The lowest BCUT2D eigenvalue weighted by molar-refractivity contribution is 1.00. The van der Waals surface area contributed by atoms with E-state index in [0.29, 0.717) is 5.56 Å². The average Bonchev–Trinajstić information content (AvgIpc) is 2.99. The van der Waals surface area contributed by atoms with Crippen LogP contribution in [0, 0.1) is 11.3 Å². The molecule has 0 bridgehead atoms. The van der Waals surface area contributed by atoms with Crippen molar-refractivity contribution < 1.29 is 0 Å². The van der Waals surface area contributed by atoms with Crippen molar-refractivity contribution in [3.63, 3.8) is 0 Å². The van der Waals surface area contributed by atoms with Crippen LogP contribution in [0.4, 0.5) is 0 Å². The third-order valence-electron chi connectivity index (χ3n) is 3.79. The quantitative estimate of drug-likeness (QED) is 0.440. The van der Waals surface area contributed by atoms with Gasteiger partial charge in [0.15, 0.2) is 5.16 Å². The molecule has 0 saturated carbocycles. The van der Waals surface area contributed by atoms with Crippen molar-refractivity contribution >= 4 is 33.7 Å². The molecule has 4 rings (SSSR count). The fourth-order valence-electron chi connectivity index (χ4n) is 2.74. The molecule has 4 aromatic rings. The summed E-state index contributed by atoms with van der Waals surface area (Å²) in [6.45, 7) is 0. The fraction of sp³-hybridized carbons (Fsp3) is 0.0556. The summed E-state index contributed by atoms with van der Waals surface area (Å²) < 4.78 is 0. The Bertz CT molecular complexity index is 1060. The first-order valence-corrected chi connectivity index (χ1v) is 8.35. The average molecular weight is 316 g/mol. The summed E-state index contributed by atoms with van der Waals surface area (Å²) in [5.74, 6) is 0. The minimum Gasteiger partial charge on any atom is -0.339 e. The molecule has 1 N–H and O–H groups in total. The van der Waals surface area contributed by atoms with Gasteiger partial charge >= 0.3 is 0 Å². The molecule has 0 aliphatic heterocycles. The molecule has 0 fully saturated rings. The maximum Gasteiger partial charge on any atom is 0.189 e. The highest BCUT2D eigenvalue weighted by molar-refractivity contribution is 7.98. The van der Waals surface area contributed by atoms with Gasteiger partial charge in [-0.05, 0) is 24.5 Å². The Morgan fingerprint density at radius 3 is 2.65 bits per heavy atom. The van der Waals surface area contributed by atoms with Crippen molar-refractivity contribution in [2.24, 2.45) is 0 Å². The standard InChI is InChI=1S/C18H12N4S/c1-23-18-21-16(12-5-3-2-4-6-12)15-13-9-11(10-19)7-8-14(13)20-17(15)22-18/h2-9H,1H3,(H,20,21,22). The summed E-state index contributed by atoms with van der Waals surface area (Å²) >= 11 is 1.52. The van der Waals surface area contributed by atoms with Gasteiger partial charge in [-0.15, -0.1) is 0 Å². The van der Waals surface area contributed by atoms with Crippen molar-refractivity contribution in [2.75, 3.05) is 6.26 Å². The van der Waals surface area contributed by atoms with Gasteiger partial charge in [0.2, 0.25) is 0 Å². The number of aromatic nitrogens is 3. The van der Waals surface area contributed by atoms with E-state index in [0.717, 1.165) is 38.4 Å². The number of rotatable bonds is 2. The van der Waals surface area contributed by atoms with Gasteiger partial charge in [-0.1, -0.05) is 42.1 Å². The van der Waals surface area contributed by atoms with Gasteiger partial charge in [-0.25, -0.2) is 9.97 Å². The van der Waals surface area contributed by atoms with Gasteiger partial charge in [0.05, 0.1) is 22.7 Å². The Labute approximate surface area is 137 Å². The third kappa shape index (κ3) is 2.24. The van der Waals surface area contributed by atoms with E-state index in [4.69, 9.17) is 4.98 Å². The Morgan fingerprint density at radius 1 is 1.09 bits per heavy atom. The second-order valence-electron chi connectivity index (χ2n) is 5.15. The first-order chi connectivity index (χ1) is 11.3. The third-order valence-corrected chi connectivity index (χ3v) is 4.34. The second kappa shape index (κ2) is 5.41. The van der Waals surface area contributed by atoms with Gasteiger partial charge in [0.25, 0.3) is 0 Å². The number of benzene rings is 2. The SMILES string of the molecule is CSc1nc(-c2ccccc2)c2c(n1)[nH]c1ccc(C#N)cc12. The van der Waals surface area contributed by atoms with Crippen LogP contribution in [-0.4, -0.2) is 21.2 Å². The smallest absolute Gasteiger partial charge is 0.189 e. The van der Waals surface area contributed by atoms with Crippen LogP contribution in [0.2, 0.25) is 0 Å². The molecule has 0 unspecified atom stereocenters. The molecule has 110 valence electrons. The summed E-state index contributed by atoms with van der Waals surface area (Å²) in [7, 11) is 0. The Hall–Kier alpha value is -2.84. The van der Waals surface area contributed by atoms with E-state index in [1.54, 1.807) is 0 Å².